The van der Waals surface area contributed by atoms with E-state index < -0.39 is 15.4 Å². The van der Waals surface area contributed by atoms with E-state index in [0.717, 1.165) is 11.1 Å². The maximum Gasteiger partial charge on any atom is 0.320 e. The standard InChI is InChI=1S/C21H23ClN2O4S/c1-21(26)12-24(13-21)20(25)23-10-16(11-23)14-3-5-15(6-4-14)18-8-7-17(22)9-19(18)29(2,27)28/h3-9,16,26H,10-13H2,1-2H3. The lowest BCUT2D eigenvalue weighted by Gasteiger charge is -2.49. The van der Waals surface area contributed by atoms with Crippen molar-refractivity contribution in [2.45, 2.75) is 23.3 Å². The topological polar surface area (TPSA) is 77.9 Å². The van der Waals surface area contributed by atoms with Crippen molar-refractivity contribution in [3.05, 3.63) is 53.1 Å². The Bertz CT molecular complexity index is 1050. The maximum absolute atomic E-state index is 12.3. The summed E-state index contributed by atoms with van der Waals surface area (Å²) in [6, 6.07) is 12.6. The summed E-state index contributed by atoms with van der Waals surface area (Å²) in [5.74, 6) is 0.259. The predicted octanol–water partition coefficient (Wildman–Crippen LogP) is 3.00. The Labute approximate surface area is 175 Å². The summed E-state index contributed by atoms with van der Waals surface area (Å²) in [5, 5.41) is 10.2. The third kappa shape index (κ3) is 3.99. The number of likely N-dealkylation sites (tertiary alicyclic amines) is 2. The fourth-order valence-electron chi connectivity index (χ4n) is 3.93. The number of carbonyl (C=O) groups is 1. The molecule has 8 heteroatoms. The number of benzene rings is 2. The number of carbonyl (C=O) groups excluding carboxylic acids is 1. The van der Waals surface area contributed by atoms with E-state index in [4.69, 9.17) is 11.6 Å². The first-order chi connectivity index (χ1) is 13.5. The smallest absolute Gasteiger partial charge is 0.320 e. The van der Waals surface area contributed by atoms with Crippen LogP contribution in [-0.2, 0) is 9.84 Å². The number of hydrogen-bond donors (Lipinski definition) is 1. The fraction of sp³-hybridized carbons (Fsp3) is 0.381. The van der Waals surface area contributed by atoms with Gasteiger partial charge in [-0.2, -0.15) is 0 Å². The lowest BCUT2D eigenvalue weighted by atomic mass is 9.90. The highest BCUT2D eigenvalue weighted by Crippen LogP contribution is 2.34. The number of urea groups is 1. The van der Waals surface area contributed by atoms with E-state index in [0.29, 0.717) is 36.8 Å². The fourth-order valence-corrected chi connectivity index (χ4v) is 5.10. The zero-order chi connectivity index (χ0) is 21.0. The Morgan fingerprint density at radius 3 is 2.28 bits per heavy atom. The van der Waals surface area contributed by atoms with E-state index in [1.54, 1.807) is 28.9 Å². The Balaban J connectivity index is 1.45. The predicted molar refractivity (Wildman–Crippen MR) is 112 cm³/mol. The summed E-state index contributed by atoms with van der Waals surface area (Å²) >= 11 is 5.98. The van der Waals surface area contributed by atoms with Crippen LogP contribution in [0.4, 0.5) is 4.79 Å². The van der Waals surface area contributed by atoms with Gasteiger partial charge in [0.2, 0.25) is 0 Å². The number of sulfone groups is 1. The highest BCUT2D eigenvalue weighted by atomic mass is 35.5. The summed E-state index contributed by atoms with van der Waals surface area (Å²) in [7, 11) is -3.41. The van der Waals surface area contributed by atoms with Crippen LogP contribution >= 0.6 is 11.6 Å². The van der Waals surface area contributed by atoms with Gasteiger partial charge in [0.1, 0.15) is 0 Å². The highest BCUT2D eigenvalue weighted by molar-refractivity contribution is 7.90. The number of halogens is 1. The van der Waals surface area contributed by atoms with E-state index in [2.05, 4.69) is 0 Å². The quantitative estimate of drug-likeness (QED) is 0.805. The number of aliphatic hydroxyl groups is 1. The van der Waals surface area contributed by atoms with Crippen molar-refractivity contribution in [2.24, 2.45) is 0 Å². The molecule has 2 aliphatic heterocycles. The van der Waals surface area contributed by atoms with Gasteiger partial charge in [-0.05, 0) is 30.2 Å². The van der Waals surface area contributed by atoms with Crippen LogP contribution in [0, 0.1) is 0 Å². The van der Waals surface area contributed by atoms with Gasteiger partial charge < -0.3 is 14.9 Å². The van der Waals surface area contributed by atoms with Crippen LogP contribution in [0.15, 0.2) is 47.4 Å². The molecule has 0 spiro atoms. The first-order valence-corrected chi connectivity index (χ1v) is 11.7. The second kappa shape index (κ2) is 7.00. The van der Waals surface area contributed by atoms with Crippen molar-refractivity contribution >= 4 is 27.5 Å². The summed E-state index contributed by atoms with van der Waals surface area (Å²) in [6.45, 7) is 3.78. The Morgan fingerprint density at radius 1 is 1.10 bits per heavy atom. The van der Waals surface area contributed by atoms with Gasteiger partial charge in [-0.25, -0.2) is 13.2 Å². The van der Waals surface area contributed by atoms with E-state index in [1.807, 2.05) is 24.3 Å². The number of β-amino-alcohol motifs (C(OH)–C–C–N with tert-alkyl or cyclic N) is 1. The SMILES string of the molecule is CC1(O)CN(C(=O)N2CC(c3ccc(-c4ccc(Cl)cc4S(C)(=O)=O)cc3)C2)C1. The van der Waals surface area contributed by atoms with Crippen molar-refractivity contribution in [3.63, 3.8) is 0 Å². The zero-order valence-corrected chi connectivity index (χ0v) is 17.9. The second-order valence-electron chi connectivity index (χ2n) is 8.27. The molecule has 0 radical (unpaired) electrons. The van der Waals surface area contributed by atoms with Crippen LogP contribution in [0.25, 0.3) is 11.1 Å². The van der Waals surface area contributed by atoms with Crippen molar-refractivity contribution in [3.8, 4) is 11.1 Å². The minimum absolute atomic E-state index is 0.0247. The van der Waals surface area contributed by atoms with Gasteiger partial charge >= 0.3 is 6.03 Å². The minimum atomic E-state index is -3.41. The van der Waals surface area contributed by atoms with Crippen molar-refractivity contribution in [2.75, 3.05) is 32.4 Å². The molecule has 0 aliphatic carbocycles. The normalized spacial score (nSPS) is 18.9. The third-order valence-electron chi connectivity index (χ3n) is 5.52. The first kappa shape index (κ1) is 20.2. The monoisotopic (exact) mass is 434 g/mol. The molecule has 4 rings (SSSR count). The van der Waals surface area contributed by atoms with Crippen LogP contribution < -0.4 is 0 Å². The van der Waals surface area contributed by atoms with Gasteiger partial charge in [0.15, 0.2) is 9.84 Å². The van der Waals surface area contributed by atoms with E-state index in [1.165, 1.54) is 12.3 Å². The number of hydrogen-bond acceptors (Lipinski definition) is 4. The van der Waals surface area contributed by atoms with Crippen LogP contribution in [0.3, 0.4) is 0 Å². The second-order valence-corrected chi connectivity index (χ2v) is 10.7. The molecule has 2 aliphatic rings. The molecule has 6 nitrogen and oxygen atoms in total. The van der Waals surface area contributed by atoms with E-state index >= 15 is 0 Å². The number of nitrogens with zero attached hydrogens (tertiary/aromatic N) is 2. The summed E-state index contributed by atoms with van der Waals surface area (Å²) in [6.07, 6.45) is 1.17. The van der Waals surface area contributed by atoms with Crippen LogP contribution in [-0.4, -0.2) is 67.4 Å². The molecule has 0 bridgehead atoms. The maximum atomic E-state index is 12.3. The Hall–Kier alpha value is -2.09. The molecule has 2 aromatic rings. The minimum Gasteiger partial charge on any atom is -0.386 e. The largest absolute Gasteiger partial charge is 0.386 e. The number of amides is 2. The van der Waals surface area contributed by atoms with E-state index in [9.17, 15) is 18.3 Å². The van der Waals surface area contributed by atoms with Gasteiger partial charge in [-0.15, -0.1) is 0 Å². The lowest BCUT2D eigenvalue weighted by molar-refractivity contribution is -0.0698. The molecular weight excluding hydrogens is 412 g/mol. The number of rotatable bonds is 3. The van der Waals surface area contributed by atoms with Crippen molar-refractivity contribution < 1.29 is 18.3 Å². The molecule has 2 saturated heterocycles. The van der Waals surface area contributed by atoms with Crippen LogP contribution in [0.1, 0.15) is 18.4 Å². The molecule has 154 valence electrons. The lowest BCUT2D eigenvalue weighted by Crippen LogP contribution is -2.66. The van der Waals surface area contributed by atoms with Crippen molar-refractivity contribution in [1.29, 1.82) is 0 Å². The summed E-state index contributed by atoms with van der Waals surface area (Å²) in [4.78, 5) is 16.0. The molecule has 2 amide bonds. The molecule has 0 aromatic heterocycles. The molecular formula is C21H23ClN2O4S. The average Bonchev–Trinajstić information content (AvgIpc) is 2.58. The molecule has 0 unspecified atom stereocenters. The van der Waals surface area contributed by atoms with Gasteiger partial charge in [-0.3, -0.25) is 0 Å². The van der Waals surface area contributed by atoms with Gasteiger partial charge in [0.25, 0.3) is 0 Å². The van der Waals surface area contributed by atoms with Gasteiger partial charge in [-0.1, -0.05) is 41.9 Å². The molecule has 2 heterocycles. The molecule has 2 aromatic carbocycles. The molecule has 2 fully saturated rings. The van der Waals surface area contributed by atoms with Crippen LogP contribution in [0.5, 0.6) is 0 Å². The summed E-state index contributed by atoms with van der Waals surface area (Å²) in [5.41, 5.74) is 1.78. The van der Waals surface area contributed by atoms with Crippen LogP contribution in [0.2, 0.25) is 5.02 Å². The summed E-state index contributed by atoms with van der Waals surface area (Å²) < 4.78 is 24.2. The van der Waals surface area contributed by atoms with Gasteiger partial charge in [0, 0.05) is 35.8 Å². The third-order valence-corrected chi connectivity index (χ3v) is 6.89. The highest BCUT2D eigenvalue weighted by Gasteiger charge is 2.43. The van der Waals surface area contributed by atoms with E-state index in [-0.39, 0.29) is 16.8 Å². The van der Waals surface area contributed by atoms with Crippen molar-refractivity contribution in [1.82, 2.24) is 9.80 Å². The molecule has 0 atom stereocenters. The average molecular weight is 435 g/mol. The first-order valence-electron chi connectivity index (χ1n) is 9.40. The zero-order valence-electron chi connectivity index (χ0n) is 16.3. The van der Waals surface area contributed by atoms with Gasteiger partial charge in [0.05, 0.1) is 23.6 Å². The molecule has 29 heavy (non-hydrogen) atoms. The Kier molecular flexibility index (Phi) is 4.88. The molecule has 0 saturated carbocycles. The Morgan fingerprint density at radius 2 is 1.72 bits per heavy atom. The molecule has 1 N–H and O–H groups in total.